The van der Waals surface area contributed by atoms with E-state index in [1.165, 1.54) is 4.31 Å². The molecule has 1 amide bonds. The first-order chi connectivity index (χ1) is 13.6. The molecule has 0 saturated carbocycles. The van der Waals surface area contributed by atoms with Crippen molar-refractivity contribution in [3.05, 3.63) is 40.7 Å². The molecule has 158 valence electrons. The Hall–Kier alpha value is -2.23. The van der Waals surface area contributed by atoms with Gasteiger partial charge in [0.05, 0.1) is 48.1 Å². The number of aromatic nitrogens is 2. The number of sulfonamides is 1. The Morgan fingerprint density at radius 2 is 1.79 bits per heavy atom. The van der Waals surface area contributed by atoms with Gasteiger partial charge in [0, 0.05) is 7.05 Å². The second-order valence-corrected chi connectivity index (χ2v) is 9.73. The third kappa shape index (κ3) is 4.52. The topological polar surface area (TPSA) is 88.7 Å². The minimum absolute atomic E-state index is 0.0790. The predicted molar refractivity (Wildman–Crippen MR) is 112 cm³/mol. The molecule has 1 aromatic heterocycles. The molecule has 1 aromatic carbocycles. The number of nitrogens with one attached hydrogen (secondary N) is 2. The molecule has 9 heteroatoms. The molecule has 2 N–H and O–H groups in total. The van der Waals surface area contributed by atoms with Crippen molar-refractivity contribution in [2.45, 2.75) is 32.6 Å². The van der Waals surface area contributed by atoms with Crippen LogP contribution in [0.4, 0.5) is 5.69 Å². The first-order valence-electron chi connectivity index (χ1n) is 9.80. The Kier molecular flexibility index (Phi) is 6.11. The van der Waals surface area contributed by atoms with Gasteiger partial charge in [0.15, 0.2) is 6.54 Å². The average molecular weight is 421 g/mol. The summed E-state index contributed by atoms with van der Waals surface area (Å²) < 4.78 is 29.1. The summed E-state index contributed by atoms with van der Waals surface area (Å²) in [6, 6.07) is 5.25. The molecule has 0 aliphatic carbocycles. The second kappa shape index (κ2) is 8.25. The molecule has 0 spiro atoms. The van der Waals surface area contributed by atoms with Crippen LogP contribution in [0.5, 0.6) is 0 Å². The number of anilines is 1. The summed E-state index contributed by atoms with van der Waals surface area (Å²) in [7, 11) is -1.66. The lowest BCUT2D eigenvalue weighted by Gasteiger charge is -2.31. The van der Waals surface area contributed by atoms with Crippen molar-refractivity contribution in [3.63, 3.8) is 0 Å². The first kappa shape index (κ1) is 21.5. The van der Waals surface area contributed by atoms with Gasteiger partial charge in [0.25, 0.3) is 5.91 Å². The molecule has 0 atom stereocenters. The number of carbonyl (C=O) groups excluding carboxylic acids is 1. The quantitative estimate of drug-likeness (QED) is 0.722. The van der Waals surface area contributed by atoms with Crippen molar-refractivity contribution in [2.24, 2.45) is 7.05 Å². The highest BCUT2D eigenvalue weighted by molar-refractivity contribution is 7.89. The van der Waals surface area contributed by atoms with Crippen molar-refractivity contribution >= 4 is 21.6 Å². The van der Waals surface area contributed by atoms with Gasteiger partial charge in [-0.25, -0.2) is 8.42 Å². The summed E-state index contributed by atoms with van der Waals surface area (Å²) >= 11 is 0. The number of hydrogen-bond donors (Lipinski definition) is 2. The third-order valence-electron chi connectivity index (χ3n) is 5.73. The van der Waals surface area contributed by atoms with Gasteiger partial charge in [-0.3, -0.25) is 9.48 Å². The van der Waals surface area contributed by atoms with E-state index in [0.29, 0.717) is 37.6 Å². The molecule has 1 saturated heterocycles. The average Bonchev–Trinajstić information content (AvgIpc) is 2.90. The molecule has 1 aliphatic heterocycles. The summed E-state index contributed by atoms with van der Waals surface area (Å²) in [5.74, 6) is -0.0790. The number of rotatable bonds is 5. The van der Waals surface area contributed by atoms with Crippen LogP contribution in [0.25, 0.3) is 0 Å². The smallest absolute Gasteiger partial charge is 0.279 e. The molecule has 29 heavy (non-hydrogen) atoms. The van der Waals surface area contributed by atoms with Gasteiger partial charge in [-0.1, -0.05) is 6.07 Å². The largest absolute Gasteiger partial charge is 0.325 e. The Morgan fingerprint density at radius 3 is 2.34 bits per heavy atom. The van der Waals surface area contributed by atoms with Crippen molar-refractivity contribution in [1.82, 2.24) is 14.1 Å². The van der Waals surface area contributed by atoms with Gasteiger partial charge in [0.2, 0.25) is 10.0 Å². The highest BCUT2D eigenvalue weighted by Gasteiger charge is 2.31. The highest BCUT2D eigenvalue weighted by Crippen LogP contribution is 2.19. The Morgan fingerprint density at radius 1 is 1.14 bits per heavy atom. The lowest BCUT2D eigenvalue weighted by Crippen LogP contribution is -3.15. The minimum atomic E-state index is -3.50. The zero-order valence-electron chi connectivity index (χ0n) is 17.7. The van der Waals surface area contributed by atoms with E-state index in [9.17, 15) is 13.2 Å². The van der Waals surface area contributed by atoms with Gasteiger partial charge in [0.1, 0.15) is 0 Å². The van der Waals surface area contributed by atoms with Crippen molar-refractivity contribution < 1.29 is 18.1 Å². The number of amides is 1. The van der Waals surface area contributed by atoms with Crippen molar-refractivity contribution in [1.29, 1.82) is 0 Å². The fourth-order valence-electron chi connectivity index (χ4n) is 3.61. The van der Waals surface area contributed by atoms with Crippen LogP contribution >= 0.6 is 0 Å². The van der Waals surface area contributed by atoms with Crippen LogP contribution in [0.15, 0.2) is 23.1 Å². The molecule has 2 heterocycles. The van der Waals surface area contributed by atoms with E-state index in [0.717, 1.165) is 33.1 Å². The molecule has 2 aromatic rings. The molecule has 0 bridgehead atoms. The zero-order chi connectivity index (χ0) is 21.3. The van der Waals surface area contributed by atoms with Crippen LogP contribution in [-0.4, -0.2) is 61.1 Å². The van der Waals surface area contributed by atoms with Crippen molar-refractivity contribution in [2.75, 3.05) is 38.0 Å². The normalized spacial score (nSPS) is 16.2. The molecule has 3 rings (SSSR count). The SMILES string of the molecule is Cc1ccc(S(=O)(=O)N2CC[NH+](CC(=O)Nc3c(C)nn(C)c3C)CC2)cc1C. The standard InChI is InChI=1S/C20H29N5O3S/c1-14-6-7-18(12-15(14)2)29(27,28)25-10-8-24(9-11-25)13-19(26)21-20-16(3)22-23(5)17(20)4/h6-7,12H,8-11,13H2,1-5H3,(H,21,26)/p+1. The summed E-state index contributed by atoms with van der Waals surface area (Å²) in [6.45, 7) is 9.99. The van der Waals surface area contributed by atoms with E-state index in [1.54, 1.807) is 16.8 Å². The van der Waals surface area contributed by atoms with Crippen LogP contribution in [-0.2, 0) is 21.9 Å². The minimum Gasteiger partial charge on any atom is -0.325 e. The van der Waals surface area contributed by atoms with Crippen LogP contribution in [0.1, 0.15) is 22.5 Å². The van der Waals surface area contributed by atoms with Gasteiger partial charge < -0.3 is 10.2 Å². The lowest BCUT2D eigenvalue weighted by molar-refractivity contribution is -0.895. The van der Waals surface area contributed by atoms with Crippen molar-refractivity contribution in [3.8, 4) is 0 Å². The van der Waals surface area contributed by atoms with Crippen LogP contribution in [0, 0.1) is 27.7 Å². The zero-order valence-corrected chi connectivity index (χ0v) is 18.6. The van der Waals surface area contributed by atoms with Gasteiger partial charge in [-0.2, -0.15) is 9.40 Å². The lowest BCUT2D eigenvalue weighted by atomic mass is 10.1. The summed E-state index contributed by atoms with van der Waals surface area (Å²) in [6.07, 6.45) is 0. The molecule has 8 nitrogen and oxygen atoms in total. The molecule has 0 unspecified atom stereocenters. The number of nitrogens with zero attached hydrogens (tertiary/aromatic N) is 3. The van der Waals surface area contributed by atoms with Crippen LogP contribution < -0.4 is 10.2 Å². The van der Waals surface area contributed by atoms with E-state index in [4.69, 9.17) is 0 Å². The van der Waals surface area contributed by atoms with Gasteiger partial charge >= 0.3 is 0 Å². The first-order valence-corrected chi connectivity index (χ1v) is 11.2. The third-order valence-corrected chi connectivity index (χ3v) is 7.62. The molecule has 1 fully saturated rings. The maximum Gasteiger partial charge on any atom is 0.279 e. The molecule has 1 aliphatic rings. The number of benzene rings is 1. The molecular weight excluding hydrogens is 390 g/mol. The van der Waals surface area contributed by atoms with Gasteiger partial charge in [-0.15, -0.1) is 0 Å². The monoisotopic (exact) mass is 420 g/mol. The number of carbonyl (C=O) groups is 1. The fraction of sp³-hybridized carbons (Fsp3) is 0.500. The summed E-state index contributed by atoms with van der Waals surface area (Å²) in [5.41, 5.74) is 4.50. The number of hydrogen-bond acceptors (Lipinski definition) is 4. The Balaban J connectivity index is 1.58. The molecular formula is C20H30N5O3S+. The van der Waals surface area contributed by atoms with E-state index >= 15 is 0 Å². The highest BCUT2D eigenvalue weighted by atomic mass is 32.2. The second-order valence-electron chi connectivity index (χ2n) is 7.79. The summed E-state index contributed by atoms with van der Waals surface area (Å²) in [4.78, 5) is 13.9. The predicted octanol–water partition coefficient (Wildman–Crippen LogP) is 0.182. The maximum atomic E-state index is 12.9. The van der Waals surface area contributed by atoms with Gasteiger partial charge in [-0.05, 0) is 51.0 Å². The van der Waals surface area contributed by atoms with E-state index in [1.807, 2.05) is 40.8 Å². The number of aryl methyl sites for hydroxylation is 4. The summed E-state index contributed by atoms with van der Waals surface area (Å²) in [5, 5.41) is 7.26. The number of quaternary nitrogens is 1. The van der Waals surface area contributed by atoms with Crippen LogP contribution in [0.2, 0.25) is 0 Å². The van der Waals surface area contributed by atoms with E-state index in [2.05, 4.69) is 10.4 Å². The maximum absolute atomic E-state index is 12.9. The molecule has 0 radical (unpaired) electrons. The fourth-order valence-corrected chi connectivity index (χ4v) is 5.14. The van der Waals surface area contributed by atoms with Crippen LogP contribution in [0.3, 0.4) is 0 Å². The Labute approximate surface area is 172 Å². The van der Waals surface area contributed by atoms with E-state index in [-0.39, 0.29) is 5.91 Å². The number of piperazine rings is 1. The van der Waals surface area contributed by atoms with E-state index < -0.39 is 10.0 Å². The Bertz CT molecular complexity index is 1020.